The Morgan fingerprint density at radius 2 is 1.73 bits per heavy atom. The van der Waals surface area contributed by atoms with Gasteiger partial charge in [0.2, 0.25) is 0 Å². The molecule has 0 aromatic rings. The number of alkyl halides is 3. The van der Waals surface area contributed by atoms with Gasteiger partial charge in [-0.15, -0.1) is 0 Å². The summed E-state index contributed by atoms with van der Waals surface area (Å²) in [6.07, 6.45) is 1.54. The Kier molecular flexibility index (Phi) is 1.36. The molecule has 3 heteroatoms. The Morgan fingerprint density at radius 1 is 1.07 bits per heavy atom. The van der Waals surface area contributed by atoms with E-state index < -0.39 is 0 Å². The maximum Gasteiger partial charge on any atom is 0.0875 e. The molecule has 6 saturated carbocycles. The monoisotopic (exact) mass is 394 g/mol. The van der Waals surface area contributed by atoms with Crippen molar-refractivity contribution in [2.75, 3.05) is 0 Å². The third kappa shape index (κ3) is 0.613. The summed E-state index contributed by atoms with van der Waals surface area (Å²) in [4.78, 5) is 0.807. The molecule has 6 fully saturated rings. The van der Waals surface area contributed by atoms with Crippen LogP contribution >= 0.6 is 47.8 Å². The first-order valence-corrected chi connectivity index (χ1v) is 8.52. The fourth-order valence-corrected chi connectivity index (χ4v) is 11.2. The highest BCUT2D eigenvalue weighted by atomic mass is 79.9. The van der Waals surface area contributed by atoms with E-state index in [0.717, 1.165) is 46.3 Å². The van der Waals surface area contributed by atoms with Crippen LogP contribution in [0, 0.1) is 46.8 Å². The lowest BCUT2D eigenvalue weighted by Crippen LogP contribution is -2.37. The molecule has 6 aliphatic rings. The van der Waals surface area contributed by atoms with Crippen molar-refractivity contribution in [3.8, 4) is 0 Å². The number of rotatable bonds is 0. The molecular formula is C12H13Br3. The summed E-state index contributed by atoms with van der Waals surface area (Å²) in [5.74, 6) is 6.98. The van der Waals surface area contributed by atoms with Gasteiger partial charge in [0.05, 0.1) is 3.23 Å². The van der Waals surface area contributed by atoms with Crippen molar-refractivity contribution in [1.29, 1.82) is 0 Å². The van der Waals surface area contributed by atoms with Gasteiger partial charge < -0.3 is 0 Å². The van der Waals surface area contributed by atoms with Crippen LogP contribution in [0.2, 0.25) is 0 Å². The van der Waals surface area contributed by atoms with Crippen LogP contribution in [-0.4, -0.2) is 8.06 Å². The molecule has 0 N–H and O–H groups in total. The summed E-state index contributed by atoms with van der Waals surface area (Å²) in [5, 5.41) is 0. The van der Waals surface area contributed by atoms with E-state index in [1.54, 1.807) is 0 Å². The average Bonchev–Trinajstić information content (AvgIpc) is 2.81. The normalized spacial score (nSPS) is 79.2. The van der Waals surface area contributed by atoms with Gasteiger partial charge in [0.1, 0.15) is 0 Å². The van der Waals surface area contributed by atoms with E-state index in [-0.39, 0.29) is 0 Å². The van der Waals surface area contributed by atoms with Gasteiger partial charge in [0.25, 0.3) is 0 Å². The Morgan fingerprint density at radius 3 is 2.40 bits per heavy atom. The minimum absolute atomic E-state index is 0.292. The van der Waals surface area contributed by atoms with Crippen LogP contribution in [0.1, 0.15) is 13.3 Å². The van der Waals surface area contributed by atoms with E-state index in [9.17, 15) is 0 Å². The van der Waals surface area contributed by atoms with Gasteiger partial charge in [-0.1, -0.05) is 54.7 Å². The van der Waals surface area contributed by atoms with Crippen molar-refractivity contribution in [2.24, 2.45) is 46.8 Å². The van der Waals surface area contributed by atoms with Gasteiger partial charge in [-0.2, -0.15) is 0 Å². The summed E-state index contributed by atoms with van der Waals surface area (Å²) >= 11 is 12.2. The minimum Gasteiger partial charge on any atom is -0.0881 e. The quantitative estimate of drug-likeness (QED) is 0.543. The Bertz CT molecular complexity index is 390. The van der Waals surface area contributed by atoms with E-state index in [0.29, 0.717) is 8.65 Å². The lowest BCUT2D eigenvalue weighted by molar-refractivity contribution is 0.0700. The molecule has 0 unspecified atom stereocenters. The first-order valence-electron chi connectivity index (χ1n) is 6.02. The molecule has 6 rings (SSSR count). The van der Waals surface area contributed by atoms with Gasteiger partial charge >= 0.3 is 0 Å². The highest BCUT2D eigenvalue weighted by molar-refractivity contribution is 9.25. The molecule has 0 saturated heterocycles. The van der Waals surface area contributed by atoms with E-state index in [1.807, 2.05) is 0 Å². The van der Waals surface area contributed by atoms with Gasteiger partial charge in [0.15, 0.2) is 0 Å². The van der Waals surface area contributed by atoms with Crippen LogP contribution in [0.5, 0.6) is 0 Å². The molecule has 0 heterocycles. The first-order chi connectivity index (χ1) is 7.00. The van der Waals surface area contributed by atoms with Crippen LogP contribution < -0.4 is 0 Å². The molecule has 0 aromatic heterocycles. The first kappa shape index (κ1) is 9.38. The molecule has 0 aromatic carbocycles. The van der Waals surface area contributed by atoms with Gasteiger partial charge in [-0.05, 0) is 53.3 Å². The summed E-state index contributed by atoms with van der Waals surface area (Å²) in [5.41, 5.74) is 0.588. The molecule has 0 aliphatic heterocycles. The zero-order valence-corrected chi connectivity index (χ0v) is 13.2. The molecule has 0 spiro atoms. The van der Waals surface area contributed by atoms with Gasteiger partial charge in [-0.3, -0.25) is 0 Å². The maximum atomic E-state index is 4.05. The Balaban J connectivity index is 1.88. The Hall–Kier alpha value is 1.44. The second-order valence-electron chi connectivity index (χ2n) is 6.69. The third-order valence-electron chi connectivity index (χ3n) is 6.85. The number of hydrogen-bond donors (Lipinski definition) is 0. The van der Waals surface area contributed by atoms with Gasteiger partial charge in [-0.25, -0.2) is 0 Å². The predicted molar refractivity (Wildman–Crippen MR) is 70.5 cm³/mol. The molecule has 15 heavy (non-hydrogen) atoms. The van der Waals surface area contributed by atoms with E-state index in [1.165, 1.54) is 6.42 Å². The summed E-state index contributed by atoms with van der Waals surface area (Å²) in [6.45, 7) is 2.56. The van der Waals surface area contributed by atoms with E-state index in [2.05, 4.69) is 54.7 Å². The maximum absolute atomic E-state index is 4.05. The van der Waals surface area contributed by atoms with E-state index in [4.69, 9.17) is 0 Å². The van der Waals surface area contributed by atoms with Crippen molar-refractivity contribution in [2.45, 2.75) is 21.4 Å². The van der Waals surface area contributed by atoms with Crippen molar-refractivity contribution < 1.29 is 0 Å². The average molecular weight is 397 g/mol. The van der Waals surface area contributed by atoms with Crippen molar-refractivity contribution in [3.63, 3.8) is 0 Å². The molecule has 6 aliphatic carbocycles. The molecular weight excluding hydrogens is 384 g/mol. The summed E-state index contributed by atoms with van der Waals surface area (Å²) in [6, 6.07) is 0. The largest absolute Gasteiger partial charge is 0.0881 e. The van der Waals surface area contributed by atoms with Crippen LogP contribution in [0.4, 0.5) is 0 Å². The highest BCUT2D eigenvalue weighted by Gasteiger charge is 2.90. The molecule has 6 bridgehead atoms. The Labute approximate surface area is 115 Å². The lowest BCUT2D eigenvalue weighted by atomic mass is 9.64. The molecule has 0 amide bonds. The molecule has 0 nitrogen and oxygen atoms in total. The minimum atomic E-state index is 0.292. The molecule has 9 atom stereocenters. The highest BCUT2D eigenvalue weighted by Crippen LogP contribution is 2.92. The van der Waals surface area contributed by atoms with Crippen LogP contribution in [0.25, 0.3) is 0 Å². The lowest BCUT2D eigenvalue weighted by Gasteiger charge is -2.40. The van der Waals surface area contributed by atoms with Crippen LogP contribution in [0.3, 0.4) is 0 Å². The summed E-state index contributed by atoms with van der Waals surface area (Å²) in [7, 11) is 0. The number of hydrogen-bond acceptors (Lipinski definition) is 0. The number of halogens is 3. The second kappa shape index (κ2) is 2.18. The van der Waals surface area contributed by atoms with E-state index >= 15 is 0 Å². The smallest absolute Gasteiger partial charge is 0.0875 e. The van der Waals surface area contributed by atoms with Crippen molar-refractivity contribution in [1.82, 2.24) is 0 Å². The standard InChI is InChI=1S/C12H13Br3/c1-11-7-4-2-3-5(6(4)10(11)13)9(11)12(14,15)8(3)7/h3-10H,2H2,1H3/t3-,4+,5+,6-,7-,8+,9+,10+,11+/m1/s1. The fraction of sp³-hybridized carbons (Fsp3) is 1.00. The summed E-state index contributed by atoms with van der Waals surface area (Å²) < 4.78 is 0.292. The second-order valence-corrected chi connectivity index (χ2v) is 11.4. The fourth-order valence-electron chi connectivity index (χ4n) is 7.03. The SMILES string of the molecule is C[C@@]12[C@@H]3[C@H]4C[C@@H]5[C@@H]([C@@H]4[C@@H]1Br)[C@@H]2C(Br)(Br)[C@@H]53. The zero-order valence-electron chi connectivity index (χ0n) is 8.46. The molecule has 82 valence electrons. The van der Waals surface area contributed by atoms with Crippen molar-refractivity contribution >= 4 is 47.8 Å². The van der Waals surface area contributed by atoms with Gasteiger partial charge in [0, 0.05) is 4.83 Å². The topological polar surface area (TPSA) is 0 Å². The van der Waals surface area contributed by atoms with Crippen molar-refractivity contribution in [3.05, 3.63) is 0 Å². The third-order valence-corrected chi connectivity index (χ3v) is 10.5. The van der Waals surface area contributed by atoms with Crippen LogP contribution in [0.15, 0.2) is 0 Å². The van der Waals surface area contributed by atoms with Crippen LogP contribution in [-0.2, 0) is 0 Å². The predicted octanol–water partition coefficient (Wildman–Crippen LogP) is 4.01. The molecule has 0 radical (unpaired) electrons. The zero-order chi connectivity index (χ0) is 10.3.